The van der Waals surface area contributed by atoms with Crippen LogP contribution in [0.3, 0.4) is 0 Å². The van der Waals surface area contributed by atoms with Gasteiger partial charge in [-0.05, 0) is 111 Å². The fourth-order valence-electron chi connectivity index (χ4n) is 6.70. The minimum Gasteiger partial charge on any atom is -0.371 e. The Balaban J connectivity index is 1.39. The number of benzene rings is 2. The molecule has 8 heteroatoms. The monoisotopic (exact) mass is 538 g/mol. The fourth-order valence-corrected chi connectivity index (χ4v) is 6.70. The van der Waals surface area contributed by atoms with E-state index in [1.807, 2.05) is 7.05 Å². The molecule has 0 bridgehead atoms. The number of hydrogen-bond acceptors (Lipinski definition) is 2. The smallest absolute Gasteiger partial charge is 0.371 e. The van der Waals surface area contributed by atoms with Crippen LogP contribution in [0.1, 0.15) is 84.4 Å². The standard InChI is InChI=1S/C30H36F6N2/c1-37(13-11-21-14-24(29(31,32)33)18-25(15-21)30(34,35)36)27-10-5-12-38(19-20-6-2-3-7-20)28-17-23-9-4-8-22(23)16-26(27)28/h14-18,20,27H,2-13,19H2,1H3. The van der Waals surface area contributed by atoms with Crippen LogP contribution in [0.25, 0.3) is 0 Å². The van der Waals surface area contributed by atoms with Gasteiger partial charge >= 0.3 is 12.4 Å². The van der Waals surface area contributed by atoms with Gasteiger partial charge in [0, 0.05) is 31.4 Å². The van der Waals surface area contributed by atoms with Crippen LogP contribution < -0.4 is 4.90 Å². The zero-order valence-electron chi connectivity index (χ0n) is 21.9. The van der Waals surface area contributed by atoms with Gasteiger partial charge in [0.15, 0.2) is 0 Å². The average Bonchev–Trinajstić information content (AvgIpc) is 3.50. The molecule has 2 aromatic rings. The number of aryl methyl sites for hydroxylation is 2. The van der Waals surface area contributed by atoms with E-state index in [0.29, 0.717) is 12.5 Å². The zero-order chi connectivity index (χ0) is 27.1. The Bertz CT molecular complexity index is 1100. The molecule has 0 spiro atoms. The maximum absolute atomic E-state index is 13.3. The molecule has 1 fully saturated rings. The van der Waals surface area contributed by atoms with Crippen molar-refractivity contribution in [1.29, 1.82) is 0 Å². The summed E-state index contributed by atoms with van der Waals surface area (Å²) in [5.74, 6) is 0.717. The maximum Gasteiger partial charge on any atom is 0.416 e. The highest BCUT2D eigenvalue weighted by molar-refractivity contribution is 5.60. The summed E-state index contributed by atoms with van der Waals surface area (Å²) in [6.07, 6.45) is 0.834. The van der Waals surface area contributed by atoms with Crippen LogP contribution >= 0.6 is 0 Å². The molecule has 38 heavy (non-hydrogen) atoms. The third-order valence-corrected chi connectivity index (χ3v) is 8.73. The quantitative estimate of drug-likeness (QED) is 0.342. The lowest BCUT2D eigenvalue weighted by Gasteiger charge is -2.32. The minimum absolute atomic E-state index is 0.0599. The second-order valence-corrected chi connectivity index (χ2v) is 11.4. The molecule has 2 aromatic carbocycles. The second kappa shape index (κ2) is 10.7. The van der Waals surface area contributed by atoms with Gasteiger partial charge in [0.05, 0.1) is 11.1 Å². The number of hydrogen-bond donors (Lipinski definition) is 0. The van der Waals surface area contributed by atoms with Crippen molar-refractivity contribution in [3.05, 3.63) is 63.7 Å². The van der Waals surface area contributed by atoms with Crippen molar-refractivity contribution in [2.24, 2.45) is 5.92 Å². The average molecular weight is 539 g/mol. The van der Waals surface area contributed by atoms with Gasteiger partial charge < -0.3 is 4.90 Å². The summed E-state index contributed by atoms with van der Waals surface area (Å²) in [6, 6.07) is 6.73. The van der Waals surface area contributed by atoms with E-state index in [1.165, 1.54) is 48.1 Å². The molecule has 0 amide bonds. The maximum atomic E-state index is 13.3. The topological polar surface area (TPSA) is 6.48 Å². The molecule has 1 aliphatic heterocycles. The van der Waals surface area contributed by atoms with E-state index < -0.39 is 23.5 Å². The summed E-state index contributed by atoms with van der Waals surface area (Å²) in [6.45, 7) is 2.42. The molecule has 0 N–H and O–H groups in total. The van der Waals surface area contributed by atoms with Gasteiger partial charge in [-0.25, -0.2) is 0 Å². The molecule has 2 aliphatic carbocycles. The van der Waals surface area contributed by atoms with Gasteiger partial charge in [-0.15, -0.1) is 0 Å². The molecule has 0 radical (unpaired) electrons. The fraction of sp³-hybridized carbons (Fsp3) is 0.600. The predicted molar refractivity (Wildman–Crippen MR) is 137 cm³/mol. The van der Waals surface area contributed by atoms with E-state index in [2.05, 4.69) is 21.9 Å². The molecular formula is C30H36F6N2. The highest BCUT2D eigenvalue weighted by atomic mass is 19.4. The SMILES string of the molecule is CN(CCc1cc(C(F)(F)F)cc(C(F)(F)F)c1)C1CCCN(CC2CCCC2)c2cc3c(cc21)CCC3. The van der Waals surface area contributed by atoms with Crippen molar-refractivity contribution >= 4 is 5.69 Å². The Hall–Kier alpha value is -2.22. The van der Waals surface area contributed by atoms with Gasteiger partial charge in [-0.1, -0.05) is 18.9 Å². The summed E-state index contributed by atoms with van der Waals surface area (Å²) >= 11 is 0. The highest BCUT2D eigenvalue weighted by Crippen LogP contribution is 2.42. The van der Waals surface area contributed by atoms with Crippen LogP contribution in [0.2, 0.25) is 0 Å². The molecule has 1 unspecified atom stereocenters. The van der Waals surface area contributed by atoms with Crippen LogP contribution in [0.4, 0.5) is 32.0 Å². The highest BCUT2D eigenvalue weighted by Gasteiger charge is 2.37. The van der Waals surface area contributed by atoms with E-state index in [1.54, 1.807) is 0 Å². The van der Waals surface area contributed by atoms with Crippen LogP contribution in [-0.4, -0.2) is 31.6 Å². The zero-order valence-corrected chi connectivity index (χ0v) is 21.9. The number of fused-ring (bicyclic) bond motifs is 2. The van der Waals surface area contributed by atoms with Crippen molar-refractivity contribution in [3.63, 3.8) is 0 Å². The summed E-state index contributed by atoms with van der Waals surface area (Å²) in [5.41, 5.74) is 2.93. The van der Waals surface area contributed by atoms with Crippen LogP contribution in [-0.2, 0) is 31.6 Å². The van der Waals surface area contributed by atoms with Gasteiger partial charge in [0.2, 0.25) is 0 Å². The van der Waals surface area contributed by atoms with E-state index in [4.69, 9.17) is 0 Å². The van der Waals surface area contributed by atoms with Crippen LogP contribution in [0.5, 0.6) is 0 Å². The normalized spacial score (nSPS) is 20.6. The third kappa shape index (κ3) is 6.00. The van der Waals surface area contributed by atoms with E-state index in [9.17, 15) is 26.3 Å². The van der Waals surface area contributed by atoms with Crippen molar-refractivity contribution in [2.45, 2.75) is 82.6 Å². The number of rotatable bonds is 6. The van der Waals surface area contributed by atoms with Gasteiger partial charge in [0.25, 0.3) is 0 Å². The van der Waals surface area contributed by atoms with Crippen molar-refractivity contribution in [3.8, 4) is 0 Å². The van der Waals surface area contributed by atoms with Crippen molar-refractivity contribution < 1.29 is 26.3 Å². The van der Waals surface area contributed by atoms with E-state index >= 15 is 0 Å². The largest absolute Gasteiger partial charge is 0.416 e. The summed E-state index contributed by atoms with van der Waals surface area (Å²) < 4.78 is 80.1. The van der Waals surface area contributed by atoms with Crippen molar-refractivity contribution in [1.82, 2.24) is 4.90 Å². The lowest BCUT2D eigenvalue weighted by molar-refractivity contribution is -0.143. The molecular weight excluding hydrogens is 502 g/mol. The van der Waals surface area contributed by atoms with Gasteiger partial charge in [-0.3, -0.25) is 4.90 Å². The first-order valence-electron chi connectivity index (χ1n) is 13.9. The van der Waals surface area contributed by atoms with Gasteiger partial charge in [0.1, 0.15) is 0 Å². The van der Waals surface area contributed by atoms with E-state index in [0.717, 1.165) is 57.3 Å². The molecule has 0 aromatic heterocycles. The summed E-state index contributed by atoms with van der Waals surface area (Å²) in [5, 5.41) is 0. The number of anilines is 1. The first kappa shape index (κ1) is 27.4. The Morgan fingerprint density at radius 3 is 2.05 bits per heavy atom. The Morgan fingerprint density at radius 1 is 0.789 bits per heavy atom. The third-order valence-electron chi connectivity index (χ3n) is 8.73. The van der Waals surface area contributed by atoms with Crippen molar-refractivity contribution in [2.75, 3.05) is 31.6 Å². The number of nitrogens with zero attached hydrogens (tertiary/aromatic N) is 2. The van der Waals surface area contributed by atoms with E-state index in [-0.39, 0.29) is 24.1 Å². The summed E-state index contributed by atoms with van der Waals surface area (Å²) in [7, 11) is 1.95. The summed E-state index contributed by atoms with van der Waals surface area (Å²) in [4.78, 5) is 4.69. The molecule has 0 saturated heterocycles. The second-order valence-electron chi connectivity index (χ2n) is 11.4. The molecule has 2 nitrogen and oxygen atoms in total. The lowest BCUT2D eigenvalue weighted by Crippen LogP contribution is -2.30. The number of alkyl halides is 6. The first-order valence-corrected chi connectivity index (χ1v) is 13.9. The molecule has 1 atom stereocenters. The molecule has 208 valence electrons. The number of likely N-dealkylation sites (N-methyl/N-ethyl adjacent to an activating group) is 1. The molecule has 1 saturated carbocycles. The molecule has 5 rings (SSSR count). The lowest BCUT2D eigenvalue weighted by atomic mass is 9.95. The Labute approximate surface area is 221 Å². The first-order chi connectivity index (χ1) is 18.0. The Morgan fingerprint density at radius 2 is 1.42 bits per heavy atom. The van der Waals surface area contributed by atoms with Gasteiger partial charge in [-0.2, -0.15) is 26.3 Å². The predicted octanol–water partition coefficient (Wildman–Crippen LogP) is 8.22. The molecule has 3 aliphatic rings. The van der Waals surface area contributed by atoms with Crippen LogP contribution in [0.15, 0.2) is 30.3 Å². The molecule has 1 heterocycles. The Kier molecular flexibility index (Phi) is 7.73. The van der Waals surface area contributed by atoms with Crippen LogP contribution in [0, 0.1) is 5.92 Å². The number of halogens is 6. The minimum atomic E-state index is -4.83.